The van der Waals surface area contributed by atoms with Gasteiger partial charge in [0.1, 0.15) is 5.82 Å². The first kappa shape index (κ1) is 42.1. The molecule has 340 valence electrons. The molecule has 3 heterocycles. The number of rotatable bonds is 8. The van der Waals surface area contributed by atoms with E-state index < -0.39 is 0 Å². The summed E-state index contributed by atoms with van der Waals surface area (Å²) in [5.41, 5.74) is 16.1. The van der Waals surface area contributed by atoms with Crippen LogP contribution in [-0.4, -0.2) is 19.5 Å². The van der Waals surface area contributed by atoms with Crippen molar-refractivity contribution in [2.45, 2.75) is 0 Å². The van der Waals surface area contributed by atoms with Crippen LogP contribution in [0.4, 0.5) is 0 Å². The molecule has 0 N–H and O–H groups in total. The van der Waals surface area contributed by atoms with Gasteiger partial charge in [-0.2, -0.15) is 0 Å². The van der Waals surface area contributed by atoms with Crippen LogP contribution in [0.2, 0.25) is 0 Å². The van der Waals surface area contributed by atoms with Crippen LogP contribution in [0.25, 0.3) is 138 Å². The fourth-order valence-electron chi connectivity index (χ4n) is 10.9. The maximum absolute atomic E-state index is 5.56. The van der Waals surface area contributed by atoms with Crippen molar-refractivity contribution in [1.82, 2.24) is 19.5 Å². The van der Waals surface area contributed by atoms with Crippen LogP contribution >= 0.6 is 0 Å². The molecule has 14 aromatic rings. The number of pyridine rings is 2. The Kier molecular flexibility index (Phi) is 10.1. The molecule has 0 atom stereocenters. The molecule has 73 heavy (non-hydrogen) atoms. The first-order chi connectivity index (χ1) is 36.2. The van der Waals surface area contributed by atoms with Crippen molar-refractivity contribution in [3.05, 3.63) is 267 Å². The highest BCUT2D eigenvalue weighted by molar-refractivity contribution is 6.02. The third kappa shape index (κ3) is 7.52. The van der Waals surface area contributed by atoms with E-state index in [1.807, 2.05) is 0 Å². The zero-order valence-corrected chi connectivity index (χ0v) is 39.7. The van der Waals surface area contributed by atoms with Crippen molar-refractivity contribution in [2.75, 3.05) is 0 Å². The second-order valence-corrected chi connectivity index (χ2v) is 18.8. The van der Waals surface area contributed by atoms with E-state index in [9.17, 15) is 0 Å². The number of aromatic nitrogens is 4. The second kappa shape index (κ2) is 17.6. The third-order valence-electron chi connectivity index (χ3n) is 14.3. The minimum Gasteiger partial charge on any atom is -0.292 e. The molecule has 0 amide bonds. The van der Waals surface area contributed by atoms with Gasteiger partial charge in [0.25, 0.3) is 0 Å². The standard InChI is InChI=1S/C69H44N4/c1-2-26-54(27-3-1)73-68-37-13-12-36-63(68)72-69(73)53-39-49(51-41-64(59-32-14-22-45-18-4-8-28-55(45)59)70-65(42-51)60-33-15-23-46-19-5-9-29-56(46)60)38-50(40-53)52-43-66(61-34-16-24-47-20-6-10-30-57(47)61)71-67(44-52)62-35-17-25-48-21-7-11-31-58(48)62/h1-44H. The molecule has 14 rings (SSSR count). The molecule has 0 aliphatic rings. The molecule has 3 aromatic heterocycles. The Labute approximate surface area is 422 Å². The lowest BCUT2D eigenvalue weighted by Gasteiger charge is -2.17. The van der Waals surface area contributed by atoms with Gasteiger partial charge in [0.2, 0.25) is 0 Å². The molecule has 4 nitrogen and oxygen atoms in total. The molecule has 0 unspecified atom stereocenters. The van der Waals surface area contributed by atoms with E-state index in [1.54, 1.807) is 0 Å². The molecule has 0 bridgehead atoms. The van der Waals surface area contributed by atoms with Gasteiger partial charge in [0.15, 0.2) is 0 Å². The molecular formula is C69H44N4. The zero-order valence-electron chi connectivity index (χ0n) is 39.7. The van der Waals surface area contributed by atoms with E-state index in [-0.39, 0.29) is 0 Å². The van der Waals surface area contributed by atoms with E-state index in [4.69, 9.17) is 15.0 Å². The lowest BCUT2D eigenvalue weighted by atomic mass is 9.91. The van der Waals surface area contributed by atoms with E-state index in [2.05, 4.69) is 271 Å². The largest absolute Gasteiger partial charge is 0.292 e. The normalized spacial score (nSPS) is 11.6. The first-order valence-corrected chi connectivity index (χ1v) is 24.8. The third-order valence-corrected chi connectivity index (χ3v) is 14.3. The lowest BCUT2D eigenvalue weighted by Crippen LogP contribution is -1.99. The highest BCUT2D eigenvalue weighted by Crippen LogP contribution is 2.42. The fraction of sp³-hybridized carbons (Fsp3) is 0. The van der Waals surface area contributed by atoms with Gasteiger partial charge in [0, 0.05) is 33.5 Å². The maximum atomic E-state index is 5.56. The predicted octanol–water partition coefficient (Wildman–Crippen LogP) is 18.1. The first-order valence-electron chi connectivity index (χ1n) is 24.8. The number of nitrogens with zero attached hydrogens (tertiary/aromatic N) is 4. The summed E-state index contributed by atoms with van der Waals surface area (Å²) in [6, 6.07) is 95.5. The van der Waals surface area contributed by atoms with Crippen LogP contribution in [0, 0.1) is 0 Å². The minimum absolute atomic E-state index is 0.853. The second-order valence-electron chi connectivity index (χ2n) is 18.8. The molecule has 0 radical (unpaired) electrons. The molecule has 0 fully saturated rings. The van der Waals surface area contributed by atoms with Crippen molar-refractivity contribution in [3.63, 3.8) is 0 Å². The predicted molar refractivity (Wildman–Crippen MR) is 305 cm³/mol. The van der Waals surface area contributed by atoms with Crippen LogP contribution in [0.5, 0.6) is 0 Å². The average Bonchev–Trinajstić information content (AvgIpc) is 3.86. The van der Waals surface area contributed by atoms with Gasteiger partial charge >= 0.3 is 0 Å². The number of benzene rings is 11. The summed E-state index contributed by atoms with van der Waals surface area (Å²) < 4.78 is 2.30. The topological polar surface area (TPSA) is 43.6 Å². The quantitative estimate of drug-likeness (QED) is 0.152. The van der Waals surface area contributed by atoms with Crippen LogP contribution in [0.1, 0.15) is 0 Å². The minimum atomic E-state index is 0.853. The van der Waals surface area contributed by atoms with E-state index in [1.165, 1.54) is 21.5 Å². The number of imidazole rings is 1. The summed E-state index contributed by atoms with van der Waals surface area (Å²) in [5.74, 6) is 0.853. The summed E-state index contributed by atoms with van der Waals surface area (Å²) in [6.45, 7) is 0. The van der Waals surface area contributed by atoms with Crippen LogP contribution in [-0.2, 0) is 0 Å². The van der Waals surface area contributed by atoms with Crippen molar-refractivity contribution in [2.24, 2.45) is 0 Å². The zero-order chi connectivity index (χ0) is 48.2. The molecular weight excluding hydrogens is 885 g/mol. The lowest BCUT2D eigenvalue weighted by molar-refractivity contribution is 1.10. The van der Waals surface area contributed by atoms with Gasteiger partial charge in [-0.1, -0.05) is 200 Å². The number of hydrogen-bond acceptors (Lipinski definition) is 3. The van der Waals surface area contributed by atoms with E-state index >= 15 is 0 Å². The SMILES string of the molecule is c1ccc(-n2c(-c3cc(-c4cc(-c5cccc6ccccc56)nc(-c5cccc6ccccc56)c4)cc(-c4cc(-c5cccc6ccccc56)nc(-c5cccc6ccccc56)c4)c3)nc3ccccc32)cc1. The highest BCUT2D eigenvalue weighted by atomic mass is 15.1. The Hall–Kier alpha value is -9.77. The van der Waals surface area contributed by atoms with Gasteiger partial charge in [-0.05, 0) is 132 Å². The molecule has 0 saturated heterocycles. The molecule has 0 saturated carbocycles. The average molecular weight is 929 g/mol. The fourth-order valence-corrected chi connectivity index (χ4v) is 10.9. The maximum Gasteiger partial charge on any atom is 0.145 e. The summed E-state index contributed by atoms with van der Waals surface area (Å²) in [4.78, 5) is 16.6. The number of hydrogen-bond donors (Lipinski definition) is 0. The molecule has 0 aliphatic heterocycles. The van der Waals surface area contributed by atoms with Crippen LogP contribution in [0.3, 0.4) is 0 Å². The Morgan fingerprint density at radius 1 is 0.247 bits per heavy atom. The monoisotopic (exact) mass is 928 g/mol. The summed E-state index contributed by atoms with van der Waals surface area (Å²) in [7, 11) is 0. The van der Waals surface area contributed by atoms with Crippen LogP contribution < -0.4 is 0 Å². The number of para-hydroxylation sites is 3. The Bertz CT molecular complexity index is 4010. The van der Waals surface area contributed by atoms with Crippen molar-refractivity contribution in [3.8, 4) is 84.4 Å². The van der Waals surface area contributed by atoms with Crippen LogP contribution in [0.15, 0.2) is 267 Å². The smallest absolute Gasteiger partial charge is 0.145 e. The molecule has 4 heteroatoms. The van der Waals surface area contributed by atoms with E-state index in [0.29, 0.717) is 0 Å². The Morgan fingerprint density at radius 3 is 1.00 bits per heavy atom. The molecule has 0 spiro atoms. The highest BCUT2D eigenvalue weighted by Gasteiger charge is 2.21. The van der Waals surface area contributed by atoms with Gasteiger partial charge in [-0.15, -0.1) is 0 Å². The Morgan fingerprint density at radius 2 is 0.575 bits per heavy atom. The van der Waals surface area contributed by atoms with Crippen molar-refractivity contribution >= 4 is 54.1 Å². The summed E-state index contributed by atoms with van der Waals surface area (Å²) >= 11 is 0. The van der Waals surface area contributed by atoms with Gasteiger partial charge in [-0.3, -0.25) is 4.57 Å². The molecule has 0 aliphatic carbocycles. The summed E-state index contributed by atoms with van der Waals surface area (Å²) in [5, 5.41) is 9.31. The number of fused-ring (bicyclic) bond motifs is 5. The molecule has 11 aromatic carbocycles. The van der Waals surface area contributed by atoms with E-state index in [0.717, 1.165) is 117 Å². The van der Waals surface area contributed by atoms with Gasteiger partial charge in [0.05, 0.1) is 33.8 Å². The Balaban J connectivity index is 1.08. The van der Waals surface area contributed by atoms with Crippen molar-refractivity contribution in [1.29, 1.82) is 0 Å². The van der Waals surface area contributed by atoms with Gasteiger partial charge in [-0.25, -0.2) is 15.0 Å². The summed E-state index contributed by atoms with van der Waals surface area (Å²) in [6.07, 6.45) is 0. The van der Waals surface area contributed by atoms with Gasteiger partial charge < -0.3 is 0 Å². The van der Waals surface area contributed by atoms with Crippen molar-refractivity contribution < 1.29 is 0 Å².